The zero-order valence-corrected chi connectivity index (χ0v) is 13.9. The second-order valence-electron chi connectivity index (χ2n) is 3.92. The van der Waals surface area contributed by atoms with Crippen molar-refractivity contribution in [3.05, 3.63) is 38.5 Å². The fraction of sp³-hybridized carbons (Fsp3) is 0.154. The lowest BCUT2D eigenvalue weighted by Gasteiger charge is -2.11. The van der Waals surface area contributed by atoms with Crippen molar-refractivity contribution in [2.24, 2.45) is 0 Å². The Balaban J connectivity index is 2.40. The van der Waals surface area contributed by atoms with E-state index in [0.717, 1.165) is 20.3 Å². The van der Waals surface area contributed by atoms with Gasteiger partial charge in [-0.1, -0.05) is 0 Å². The van der Waals surface area contributed by atoms with Gasteiger partial charge >= 0.3 is 0 Å². The van der Waals surface area contributed by atoms with E-state index in [1.54, 1.807) is 13.2 Å². The molecule has 0 spiro atoms. The molecule has 0 saturated carbocycles. The highest BCUT2D eigenvalue weighted by atomic mass is 79.9. The second-order valence-corrected chi connectivity index (χ2v) is 5.63. The fourth-order valence-corrected chi connectivity index (χ4v) is 2.84. The number of aromatic nitrogens is 2. The Morgan fingerprint density at radius 1 is 1.20 bits per heavy atom. The van der Waals surface area contributed by atoms with Gasteiger partial charge in [0, 0.05) is 16.2 Å². The van der Waals surface area contributed by atoms with E-state index in [1.807, 2.05) is 25.1 Å². The number of nitriles is 1. The molecule has 0 aliphatic carbocycles. The van der Waals surface area contributed by atoms with E-state index < -0.39 is 0 Å². The van der Waals surface area contributed by atoms with Gasteiger partial charge in [-0.3, -0.25) is 0 Å². The summed E-state index contributed by atoms with van der Waals surface area (Å²) in [6, 6.07) is 7.31. The largest absolute Gasteiger partial charge is 0.495 e. The predicted octanol–water partition coefficient (Wildman–Crippen LogP) is 3.93. The van der Waals surface area contributed by atoms with Gasteiger partial charge in [0.05, 0.1) is 17.3 Å². The molecule has 0 radical (unpaired) electrons. The summed E-state index contributed by atoms with van der Waals surface area (Å²) in [6.45, 7) is 1.81. The van der Waals surface area contributed by atoms with Crippen LogP contribution in [0.4, 0.5) is 11.6 Å². The molecule has 5 nitrogen and oxygen atoms in total. The van der Waals surface area contributed by atoms with Gasteiger partial charge in [-0.05, 0) is 50.9 Å². The van der Waals surface area contributed by atoms with Crippen LogP contribution in [-0.4, -0.2) is 17.1 Å². The van der Waals surface area contributed by atoms with Crippen LogP contribution in [0.15, 0.2) is 27.1 Å². The van der Waals surface area contributed by atoms with Gasteiger partial charge in [0.1, 0.15) is 17.5 Å². The highest BCUT2D eigenvalue weighted by Crippen LogP contribution is 2.35. The summed E-state index contributed by atoms with van der Waals surface area (Å²) in [5, 5.41) is 12.0. The van der Waals surface area contributed by atoms with E-state index in [-0.39, 0.29) is 0 Å². The minimum absolute atomic E-state index is 0.320. The Morgan fingerprint density at radius 3 is 2.60 bits per heavy atom. The van der Waals surface area contributed by atoms with Crippen molar-refractivity contribution in [3.63, 3.8) is 0 Å². The third-order valence-electron chi connectivity index (χ3n) is 2.46. The summed E-state index contributed by atoms with van der Waals surface area (Å²) in [4.78, 5) is 8.36. The number of hydrogen-bond acceptors (Lipinski definition) is 5. The molecule has 1 aromatic heterocycles. The number of aryl methyl sites for hydroxylation is 1. The monoisotopic (exact) mass is 396 g/mol. The topological polar surface area (TPSA) is 70.8 Å². The average molecular weight is 398 g/mol. The van der Waals surface area contributed by atoms with Crippen LogP contribution in [0.5, 0.6) is 5.75 Å². The number of halogens is 2. The van der Waals surface area contributed by atoms with Crippen molar-refractivity contribution >= 4 is 43.5 Å². The molecule has 0 unspecified atom stereocenters. The molecule has 20 heavy (non-hydrogen) atoms. The summed E-state index contributed by atoms with van der Waals surface area (Å²) in [5.74, 6) is 1.05. The average Bonchev–Trinajstić information content (AvgIpc) is 2.41. The van der Waals surface area contributed by atoms with Crippen LogP contribution in [0, 0.1) is 18.3 Å². The number of benzene rings is 1. The molecule has 0 aliphatic heterocycles. The molecular formula is C13H10Br2N4O. The molecule has 1 heterocycles. The highest BCUT2D eigenvalue weighted by Gasteiger charge is 2.09. The first-order chi connectivity index (χ1) is 9.53. The predicted molar refractivity (Wildman–Crippen MR) is 83.2 cm³/mol. The van der Waals surface area contributed by atoms with Crippen molar-refractivity contribution in [1.82, 2.24) is 9.97 Å². The van der Waals surface area contributed by atoms with Gasteiger partial charge in [0.2, 0.25) is 5.95 Å². The molecule has 0 amide bonds. The number of rotatable bonds is 3. The second kappa shape index (κ2) is 6.20. The number of nitrogens with zero attached hydrogens (tertiary/aromatic N) is 3. The molecule has 1 N–H and O–H groups in total. The van der Waals surface area contributed by atoms with Crippen LogP contribution in [0.3, 0.4) is 0 Å². The van der Waals surface area contributed by atoms with Crippen LogP contribution >= 0.6 is 31.9 Å². The van der Waals surface area contributed by atoms with E-state index in [0.29, 0.717) is 17.4 Å². The molecule has 2 aromatic rings. The summed E-state index contributed by atoms with van der Waals surface area (Å²) in [5.41, 5.74) is 1.79. The van der Waals surface area contributed by atoms with E-state index in [4.69, 9.17) is 10.00 Å². The Morgan fingerprint density at radius 2 is 1.95 bits per heavy atom. The smallest absolute Gasteiger partial charge is 0.228 e. The number of ether oxygens (including phenoxy) is 1. The SMILES string of the molecule is COc1cc(Nc2nc(C)cc(C#N)n2)c(Br)cc1Br. The van der Waals surface area contributed by atoms with Crippen molar-refractivity contribution in [1.29, 1.82) is 5.26 Å². The highest BCUT2D eigenvalue weighted by molar-refractivity contribution is 9.11. The normalized spacial score (nSPS) is 9.95. The van der Waals surface area contributed by atoms with Crippen molar-refractivity contribution < 1.29 is 4.74 Å². The minimum Gasteiger partial charge on any atom is -0.495 e. The van der Waals surface area contributed by atoms with Crippen LogP contribution in [0.25, 0.3) is 0 Å². The van der Waals surface area contributed by atoms with Gasteiger partial charge in [-0.25, -0.2) is 9.97 Å². The lowest BCUT2D eigenvalue weighted by molar-refractivity contribution is 0.412. The molecule has 0 atom stereocenters. The lowest BCUT2D eigenvalue weighted by Crippen LogP contribution is -2.01. The third kappa shape index (κ3) is 3.26. The summed E-state index contributed by atoms with van der Waals surface area (Å²) < 4.78 is 6.91. The Kier molecular flexibility index (Phi) is 4.57. The van der Waals surface area contributed by atoms with E-state index in [2.05, 4.69) is 47.1 Å². The summed E-state index contributed by atoms with van der Waals surface area (Å²) in [6.07, 6.45) is 0. The first-order valence-corrected chi connectivity index (χ1v) is 7.18. The molecule has 0 fully saturated rings. The zero-order valence-electron chi connectivity index (χ0n) is 10.7. The van der Waals surface area contributed by atoms with Gasteiger partial charge in [-0.2, -0.15) is 5.26 Å². The van der Waals surface area contributed by atoms with Crippen LogP contribution in [-0.2, 0) is 0 Å². The lowest BCUT2D eigenvalue weighted by atomic mass is 10.3. The quantitative estimate of drug-likeness (QED) is 0.849. The molecule has 0 saturated heterocycles. The zero-order chi connectivity index (χ0) is 14.7. The maximum absolute atomic E-state index is 8.92. The number of anilines is 2. The van der Waals surface area contributed by atoms with E-state index in [1.165, 1.54) is 0 Å². The number of methoxy groups -OCH3 is 1. The van der Waals surface area contributed by atoms with Gasteiger partial charge < -0.3 is 10.1 Å². The molecule has 0 bridgehead atoms. The summed E-state index contributed by atoms with van der Waals surface area (Å²) >= 11 is 6.86. The molecule has 2 rings (SSSR count). The third-order valence-corrected chi connectivity index (χ3v) is 3.73. The van der Waals surface area contributed by atoms with Crippen molar-refractivity contribution in [2.75, 3.05) is 12.4 Å². The van der Waals surface area contributed by atoms with E-state index >= 15 is 0 Å². The van der Waals surface area contributed by atoms with Crippen molar-refractivity contribution in [2.45, 2.75) is 6.92 Å². The first kappa shape index (κ1) is 14.8. The molecule has 7 heteroatoms. The summed E-state index contributed by atoms with van der Waals surface area (Å²) in [7, 11) is 1.59. The Labute approximate surface area is 133 Å². The Bertz CT molecular complexity index is 698. The van der Waals surface area contributed by atoms with Gasteiger partial charge in [-0.15, -0.1) is 0 Å². The minimum atomic E-state index is 0.320. The van der Waals surface area contributed by atoms with Crippen LogP contribution in [0.1, 0.15) is 11.4 Å². The van der Waals surface area contributed by atoms with E-state index in [9.17, 15) is 0 Å². The maximum atomic E-state index is 8.92. The van der Waals surface area contributed by atoms with Gasteiger partial charge in [0.15, 0.2) is 0 Å². The molecular weight excluding hydrogens is 388 g/mol. The van der Waals surface area contributed by atoms with Crippen LogP contribution < -0.4 is 10.1 Å². The maximum Gasteiger partial charge on any atom is 0.228 e. The van der Waals surface area contributed by atoms with Crippen LogP contribution in [0.2, 0.25) is 0 Å². The van der Waals surface area contributed by atoms with Crippen molar-refractivity contribution in [3.8, 4) is 11.8 Å². The molecule has 102 valence electrons. The number of nitrogens with one attached hydrogen (secondary N) is 1. The molecule has 1 aromatic carbocycles. The first-order valence-electron chi connectivity index (χ1n) is 5.59. The standard InChI is InChI=1S/C13H10Br2N4O/c1-7-3-8(6-16)18-13(17-7)19-11-5-12(20-2)10(15)4-9(11)14/h3-5H,1-2H3,(H,17,18,19). The molecule has 0 aliphatic rings. The number of hydrogen-bond donors (Lipinski definition) is 1. The fourth-order valence-electron chi connectivity index (χ4n) is 1.58. The van der Waals surface area contributed by atoms with Gasteiger partial charge in [0.25, 0.3) is 0 Å². The Hall–Kier alpha value is -1.65.